The lowest BCUT2D eigenvalue weighted by Gasteiger charge is -2.13. The van der Waals surface area contributed by atoms with Crippen molar-refractivity contribution in [2.75, 3.05) is 20.0 Å². The number of anilines is 1. The topological polar surface area (TPSA) is 87.9 Å². The lowest BCUT2D eigenvalue weighted by molar-refractivity contribution is 0.0552. The van der Waals surface area contributed by atoms with Crippen LogP contribution in [0.3, 0.4) is 0 Å². The van der Waals surface area contributed by atoms with E-state index in [1.54, 1.807) is 36.4 Å². The monoisotopic (exact) mass is 301 g/mol. The Labute approximate surface area is 127 Å². The third-order valence-corrected chi connectivity index (χ3v) is 2.96. The number of hydrogen-bond donors (Lipinski definition) is 1. The number of methoxy groups -OCH3 is 2. The van der Waals surface area contributed by atoms with E-state index in [4.69, 9.17) is 15.2 Å². The molecule has 0 saturated carbocycles. The van der Waals surface area contributed by atoms with E-state index in [0.29, 0.717) is 11.4 Å². The van der Waals surface area contributed by atoms with E-state index in [-0.39, 0.29) is 16.9 Å². The zero-order chi connectivity index (χ0) is 16.1. The summed E-state index contributed by atoms with van der Waals surface area (Å²) in [5.74, 6) is -0.834. The summed E-state index contributed by atoms with van der Waals surface area (Å²) in [6.45, 7) is 0. The zero-order valence-electron chi connectivity index (χ0n) is 12.2. The second-order valence-electron chi connectivity index (χ2n) is 4.30. The molecule has 0 aliphatic rings. The van der Waals surface area contributed by atoms with Gasteiger partial charge < -0.3 is 19.9 Å². The lowest BCUT2D eigenvalue weighted by atomic mass is 10.1. The van der Waals surface area contributed by atoms with Crippen molar-refractivity contribution in [2.45, 2.75) is 0 Å². The van der Waals surface area contributed by atoms with E-state index in [1.807, 2.05) is 0 Å². The third-order valence-electron chi connectivity index (χ3n) is 2.96. The van der Waals surface area contributed by atoms with Crippen LogP contribution in [0.1, 0.15) is 20.7 Å². The standard InChI is InChI=1S/C16H15NO5/c1-20-15(18)10-6-5-9-13(14(10)16(19)21-2)22-12-8-4-3-7-11(12)17/h3-9H,17H2,1-2H3. The maximum Gasteiger partial charge on any atom is 0.342 e. The highest BCUT2D eigenvalue weighted by Gasteiger charge is 2.23. The first-order valence-corrected chi connectivity index (χ1v) is 6.40. The Morgan fingerprint density at radius 3 is 2.14 bits per heavy atom. The van der Waals surface area contributed by atoms with Gasteiger partial charge in [0.05, 0.1) is 25.5 Å². The molecule has 2 rings (SSSR count). The Balaban J connectivity index is 2.53. The van der Waals surface area contributed by atoms with Gasteiger partial charge in [-0.3, -0.25) is 0 Å². The minimum absolute atomic E-state index is 0.0138. The Bertz CT molecular complexity index is 711. The Kier molecular flexibility index (Phi) is 4.63. The Morgan fingerprint density at radius 1 is 0.864 bits per heavy atom. The normalized spacial score (nSPS) is 9.91. The number of hydrogen-bond acceptors (Lipinski definition) is 6. The highest BCUT2D eigenvalue weighted by atomic mass is 16.5. The molecule has 0 radical (unpaired) electrons. The van der Waals surface area contributed by atoms with Crippen molar-refractivity contribution < 1.29 is 23.8 Å². The van der Waals surface area contributed by atoms with Gasteiger partial charge in [-0.2, -0.15) is 0 Å². The van der Waals surface area contributed by atoms with Gasteiger partial charge in [0.15, 0.2) is 0 Å². The average molecular weight is 301 g/mol. The summed E-state index contributed by atoms with van der Waals surface area (Å²) in [4.78, 5) is 23.8. The van der Waals surface area contributed by atoms with E-state index >= 15 is 0 Å². The molecular weight excluding hydrogens is 286 g/mol. The highest BCUT2D eigenvalue weighted by molar-refractivity contribution is 6.05. The average Bonchev–Trinajstić information content (AvgIpc) is 2.55. The summed E-state index contributed by atoms with van der Waals surface area (Å²) in [7, 11) is 2.45. The van der Waals surface area contributed by atoms with Crippen LogP contribution in [0, 0.1) is 0 Å². The lowest BCUT2D eigenvalue weighted by Crippen LogP contribution is -2.13. The van der Waals surface area contributed by atoms with Crippen molar-refractivity contribution in [1.82, 2.24) is 0 Å². The first-order chi connectivity index (χ1) is 10.6. The van der Waals surface area contributed by atoms with E-state index < -0.39 is 11.9 Å². The van der Waals surface area contributed by atoms with Crippen LogP contribution in [0.15, 0.2) is 42.5 Å². The van der Waals surface area contributed by atoms with Crippen LogP contribution in [-0.4, -0.2) is 26.2 Å². The SMILES string of the molecule is COC(=O)c1cccc(Oc2ccccc2N)c1C(=O)OC. The van der Waals surface area contributed by atoms with Crippen LogP contribution >= 0.6 is 0 Å². The molecule has 2 aromatic carbocycles. The van der Waals surface area contributed by atoms with Crippen molar-refractivity contribution >= 4 is 17.6 Å². The van der Waals surface area contributed by atoms with Crippen molar-refractivity contribution in [3.63, 3.8) is 0 Å². The summed E-state index contributed by atoms with van der Waals surface area (Å²) in [5.41, 5.74) is 6.27. The molecule has 6 nitrogen and oxygen atoms in total. The number of rotatable bonds is 4. The maximum atomic E-state index is 12.0. The molecule has 0 atom stereocenters. The Hall–Kier alpha value is -3.02. The molecule has 114 valence electrons. The quantitative estimate of drug-likeness (QED) is 0.690. The van der Waals surface area contributed by atoms with Gasteiger partial charge in [-0.25, -0.2) is 9.59 Å². The van der Waals surface area contributed by atoms with Crippen molar-refractivity contribution in [3.05, 3.63) is 53.6 Å². The molecule has 0 heterocycles. The van der Waals surface area contributed by atoms with Gasteiger partial charge in [0.1, 0.15) is 17.1 Å². The van der Waals surface area contributed by atoms with Crippen LogP contribution in [0.2, 0.25) is 0 Å². The summed E-state index contributed by atoms with van der Waals surface area (Å²) in [6.07, 6.45) is 0. The maximum absolute atomic E-state index is 12.0. The molecule has 0 saturated heterocycles. The summed E-state index contributed by atoms with van der Waals surface area (Å²) >= 11 is 0. The van der Waals surface area contributed by atoms with E-state index in [1.165, 1.54) is 20.3 Å². The molecule has 0 aliphatic heterocycles. The third kappa shape index (κ3) is 3.01. The van der Waals surface area contributed by atoms with Gasteiger partial charge in [0, 0.05) is 0 Å². The molecule has 2 N–H and O–H groups in total. The van der Waals surface area contributed by atoms with Crippen LogP contribution in [0.25, 0.3) is 0 Å². The van der Waals surface area contributed by atoms with E-state index in [9.17, 15) is 9.59 Å². The summed E-state index contributed by atoms with van der Waals surface area (Å²) in [6, 6.07) is 11.4. The number of para-hydroxylation sites is 2. The summed E-state index contributed by atoms with van der Waals surface area (Å²) in [5, 5.41) is 0. The molecule has 0 amide bonds. The molecule has 0 aromatic heterocycles. The fourth-order valence-electron chi connectivity index (χ4n) is 1.90. The molecule has 0 aliphatic carbocycles. The number of carbonyl (C=O) groups is 2. The zero-order valence-corrected chi connectivity index (χ0v) is 12.2. The van der Waals surface area contributed by atoms with Crippen LogP contribution in [-0.2, 0) is 9.47 Å². The minimum Gasteiger partial charge on any atom is -0.465 e. The first kappa shape index (κ1) is 15.4. The molecule has 0 bridgehead atoms. The largest absolute Gasteiger partial charge is 0.465 e. The van der Waals surface area contributed by atoms with Gasteiger partial charge in [-0.1, -0.05) is 18.2 Å². The molecule has 6 heteroatoms. The number of nitrogens with two attached hydrogens (primary N) is 1. The second-order valence-corrected chi connectivity index (χ2v) is 4.30. The molecule has 0 spiro atoms. The van der Waals surface area contributed by atoms with Gasteiger partial charge in [-0.05, 0) is 24.3 Å². The Morgan fingerprint density at radius 2 is 1.50 bits per heavy atom. The van der Waals surface area contributed by atoms with Gasteiger partial charge in [-0.15, -0.1) is 0 Å². The molecule has 22 heavy (non-hydrogen) atoms. The predicted octanol–water partition coefficient (Wildman–Crippen LogP) is 2.63. The number of carbonyl (C=O) groups excluding carboxylic acids is 2. The number of ether oxygens (including phenoxy) is 3. The van der Waals surface area contributed by atoms with Crippen LogP contribution < -0.4 is 10.5 Å². The van der Waals surface area contributed by atoms with Crippen molar-refractivity contribution in [3.8, 4) is 11.5 Å². The smallest absolute Gasteiger partial charge is 0.342 e. The summed E-state index contributed by atoms with van der Waals surface area (Å²) < 4.78 is 15.1. The van der Waals surface area contributed by atoms with Gasteiger partial charge in [0.2, 0.25) is 0 Å². The molecule has 2 aromatic rings. The van der Waals surface area contributed by atoms with Gasteiger partial charge >= 0.3 is 11.9 Å². The number of nitrogen functional groups attached to an aromatic ring is 1. The van der Waals surface area contributed by atoms with Crippen molar-refractivity contribution in [1.29, 1.82) is 0 Å². The van der Waals surface area contributed by atoms with Gasteiger partial charge in [0.25, 0.3) is 0 Å². The first-order valence-electron chi connectivity index (χ1n) is 6.40. The molecule has 0 fully saturated rings. The van der Waals surface area contributed by atoms with Crippen LogP contribution in [0.4, 0.5) is 5.69 Å². The number of esters is 2. The second kappa shape index (κ2) is 6.62. The molecule has 0 unspecified atom stereocenters. The number of benzene rings is 2. The predicted molar refractivity (Wildman–Crippen MR) is 80.0 cm³/mol. The van der Waals surface area contributed by atoms with Crippen molar-refractivity contribution in [2.24, 2.45) is 0 Å². The van der Waals surface area contributed by atoms with Crippen LogP contribution in [0.5, 0.6) is 11.5 Å². The van der Waals surface area contributed by atoms with E-state index in [2.05, 4.69) is 4.74 Å². The fourth-order valence-corrected chi connectivity index (χ4v) is 1.90. The minimum atomic E-state index is -0.703. The fraction of sp³-hybridized carbons (Fsp3) is 0.125. The highest BCUT2D eigenvalue weighted by Crippen LogP contribution is 2.31. The van der Waals surface area contributed by atoms with E-state index in [0.717, 1.165) is 0 Å². The molecular formula is C16H15NO5.